The van der Waals surface area contributed by atoms with Crippen LogP contribution in [-0.4, -0.2) is 57.2 Å². The van der Waals surface area contributed by atoms with Crippen LogP contribution in [0.25, 0.3) is 0 Å². The minimum absolute atomic E-state index is 0. The van der Waals surface area contributed by atoms with E-state index in [1.807, 2.05) is 7.05 Å². The highest BCUT2D eigenvalue weighted by atomic mass is 35.5. The van der Waals surface area contributed by atoms with Gasteiger partial charge in [-0.2, -0.15) is 0 Å². The van der Waals surface area contributed by atoms with Crippen LogP contribution in [0.15, 0.2) is 0 Å². The number of nitrogens with two attached hydrogens (primary N) is 1. The fourth-order valence-corrected chi connectivity index (χ4v) is 1.99. The van der Waals surface area contributed by atoms with Crippen molar-refractivity contribution in [2.75, 3.05) is 46.4 Å². The maximum Gasteiger partial charge on any atom is 0.227 e. The lowest BCUT2D eigenvalue weighted by molar-refractivity contribution is -0.135. The molecule has 0 aliphatic carbocycles. The van der Waals surface area contributed by atoms with Crippen LogP contribution >= 0.6 is 24.8 Å². The Bertz CT molecular complexity index is 249. The maximum absolute atomic E-state index is 12.2. The lowest BCUT2D eigenvalue weighted by Crippen LogP contribution is -2.50. The largest absolute Gasteiger partial charge is 0.381 e. The first kappa shape index (κ1) is 21.2. The number of hydrogen-bond donors (Lipinski definition) is 2. The number of nitrogens with one attached hydrogen (secondary N) is 1. The standard InChI is InChI=1S/C12H25N3O2.2ClH/c1-3-15(2)7-6-14-11(16)12(10-13)4-8-17-9-5-12;;/h3-10,13H2,1-2H3,(H,14,16);2*1H. The predicted molar refractivity (Wildman–Crippen MR) is 82.2 cm³/mol. The van der Waals surface area contributed by atoms with E-state index in [9.17, 15) is 4.79 Å². The van der Waals surface area contributed by atoms with Crippen LogP contribution in [0.4, 0.5) is 0 Å². The van der Waals surface area contributed by atoms with Gasteiger partial charge in [0.15, 0.2) is 0 Å². The van der Waals surface area contributed by atoms with Crippen LogP contribution in [-0.2, 0) is 9.53 Å². The van der Waals surface area contributed by atoms with Crippen LogP contribution < -0.4 is 11.1 Å². The highest BCUT2D eigenvalue weighted by Crippen LogP contribution is 2.29. The van der Waals surface area contributed by atoms with Crippen molar-refractivity contribution in [1.82, 2.24) is 10.2 Å². The molecule has 5 nitrogen and oxygen atoms in total. The highest BCUT2D eigenvalue weighted by molar-refractivity contribution is 5.85. The van der Waals surface area contributed by atoms with E-state index in [1.165, 1.54) is 0 Å². The van der Waals surface area contributed by atoms with Gasteiger partial charge in [0, 0.05) is 32.8 Å². The molecule has 0 aromatic carbocycles. The fourth-order valence-electron chi connectivity index (χ4n) is 1.99. The summed E-state index contributed by atoms with van der Waals surface area (Å²) < 4.78 is 5.29. The molecule has 0 atom stereocenters. The van der Waals surface area contributed by atoms with Crippen molar-refractivity contribution in [3.8, 4) is 0 Å². The summed E-state index contributed by atoms with van der Waals surface area (Å²) >= 11 is 0. The van der Waals surface area contributed by atoms with Gasteiger partial charge in [-0.3, -0.25) is 4.79 Å². The van der Waals surface area contributed by atoms with E-state index in [0.717, 1.165) is 25.9 Å². The van der Waals surface area contributed by atoms with Gasteiger partial charge in [0.2, 0.25) is 5.91 Å². The van der Waals surface area contributed by atoms with Crippen molar-refractivity contribution in [1.29, 1.82) is 0 Å². The van der Waals surface area contributed by atoms with Crippen molar-refractivity contribution in [3.05, 3.63) is 0 Å². The molecule has 116 valence electrons. The zero-order valence-corrected chi connectivity index (χ0v) is 13.4. The third-order valence-electron chi connectivity index (χ3n) is 3.64. The van der Waals surface area contributed by atoms with Gasteiger partial charge in [0.1, 0.15) is 0 Å². The van der Waals surface area contributed by atoms with Crippen molar-refractivity contribution in [2.24, 2.45) is 11.1 Å². The molecule has 0 unspecified atom stereocenters. The molecule has 1 fully saturated rings. The first-order valence-corrected chi connectivity index (χ1v) is 6.39. The first-order chi connectivity index (χ1) is 8.14. The predicted octanol–water partition coefficient (Wildman–Crippen LogP) is 0.653. The molecule has 1 aliphatic heterocycles. The Morgan fingerprint density at radius 2 is 1.95 bits per heavy atom. The first-order valence-electron chi connectivity index (χ1n) is 6.39. The Kier molecular flexibility index (Phi) is 11.9. The van der Waals surface area contributed by atoms with Crippen LogP contribution in [0.3, 0.4) is 0 Å². The third kappa shape index (κ3) is 6.27. The van der Waals surface area contributed by atoms with Gasteiger partial charge in [0.05, 0.1) is 5.41 Å². The molecule has 0 spiro atoms. The maximum atomic E-state index is 12.2. The summed E-state index contributed by atoms with van der Waals surface area (Å²) in [6.45, 7) is 6.34. The number of hydrogen-bond acceptors (Lipinski definition) is 4. The number of carbonyl (C=O) groups excluding carboxylic acids is 1. The number of rotatable bonds is 6. The molecule has 0 saturated carbocycles. The minimum Gasteiger partial charge on any atom is -0.381 e. The van der Waals surface area contributed by atoms with E-state index in [-0.39, 0.29) is 30.7 Å². The molecule has 1 heterocycles. The van der Waals surface area contributed by atoms with Crippen LogP contribution in [0, 0.1) is 5.41 Å². The summed E-state index contributed by atoms with van der Waals surface area (Å²) in [6.07, 6.45) is 1.47. The van der Waals surface area contributed by atoms with Crippen molar-refractivity contribution in [3.63, 3.8) is 0 Å². The smallest absolute Gasteiger partial charge is 0.227 e. The summed E-state index contributed by atoms with van der Waals surface area (Å²) in [5.41, 5.74) is 5.37. The zero-order chi connectivity index (χ0) is 12.7. The average Bonchev–Trinajstić information content (AvgIpc) is 2.39. The second-order valence-electron chi connectivity index (χ2n) is 4.75. The number of nitrogens with zero attached hydrogens (tertiary/aromatic N) is 1. The Labute approximate surface area is 128 Å². The normalized spacial score (nSPS) is 17.3. The van der Waals surface area contributed by atoms with Crippen LogP contribution in [0.5, 0.6) is 0 Å². The molecule has 19 heavy (non-hydrogen) atoms. The lowest BCUT2D eigenvalue weighted by Gasteiger charge is -2.34. The van der Waals surface area contributed by atoms with Gasteiger partial charge >= 0.3 is 0 Å². The molecule has 0 aromatic heterocycles. The van der Waals surface area contributed by atoms with Crippen molar-refractivity contribution in [2.45, 2.75) is 19.8 Å². The number of halogens is 2. The van der Waals surface area contributed by atoms with Crippen LogP contribution in [0.1, 0.15) is 19.8 Å². The highest BCUT2D eigenvalue weighted by Gasteiger charge is 2.38. The molecule has 0 radical (unpaired) electrons. The number of ether oxygens (including phenoxy) is 1. The lowest BCUT2D eigenvalue weighted by atomic mass is 9.79. The molecule has 1 aliphatic rings. The number of carbonyl (C=O) groups is 1. The SMILES string of the molecule is CCN(C)CCNC(=O)C1(CN)CCOCC1.Cl.Cl. The summed E-state index contributed by atoms with van der Waals surface area (Å²) in [5, 5.41) is 2.99. The second kappa shape index (κ2) is 10.7. The summed E-state index contributed by atoms with van der Waals surface area (Å²) in [5.74, 6) is 0.0906. The molecular formula is C12H27Cl2N3O2. The molecule has 7 heteroatoms. The fraction of sp³-hybridized carbons (Fsp3) is 0.917. The van der Waals surface area contributed by atoms with Crippen molar-refractivity contribution < 1.29 is 9.53 Å². The van der Waals surface area contributed by atoms with E-state index >= 15 is 0 Å². The van der Waals surface area contributed by atoms with E-state index in [1.54, 1.807) is 0 Å². The van der Waals surface area contributed by atoms with Crippen molar-refractivity contribution >= 4 is 30.7 Å². The Morgan fingerprint density at radius 3 is 2.42 bits per heavy atom. The molecule has 0 bridgehead atoms. The quantitative estimate of drug-likeness (QED) is 0.755. The monoisotopic (exact) mass is 315 g/mol. The van der Waals surface area contributed by atoms with E-state index in [4.69, 9.17) is 10.5 Å². The zero-order valence-electron chi connectivity index (χ0n) is 11.8. The Hall–Kier alpha value is -0.0700. The number of likely N-dealkylation sites (N-methyl/N-ethyl adjacent to an activating group) is 1. The molecule has 1 amide bonds. The molecule has 3 N–H and O–H groups in total. The van der Waals surface area contributed by atoms with Gasteiger partial charge in [-0.15, -0.1) is 24.8 Å². The summed E-state index contributed by atoms with van der Waals surface area (Å²) in [6, 6.07) is 0. The van der Waals surface area contributed by atoms with Crippen LogP contribution in [0.2, 0.25) is 0 Å². The van der Waals surface area contributed by atoms with Gasteiger partial charge in [-0.1, -0.05) is 6.92 Å². The third-order valence-corrected chi connectivity index (χ3v) is 3.64. The summed E-state index contributed by atoms with van der Waals surface area (Å²) in [7, 11) is 2.04. The van der Waals surface area contributed by atoms with E-state index in [2.05, 4.69) is 17.1 Å². The topological polar surface area (TPSA) is 67.6 Å². The van der Waals surface area contributed by atoms with Gasteiger partial charge < -0.3 is 20.7 Å². The minimum atomic E-state index is -0.400. The molecular weight excluding hydrogens is 289 g/mol. The average molecular weight is 316 g/mol. The molecule has 1 saturated heterocycles. The van der Waals surface area contributed by atoms with Gasteiger partial charge in [0.25, 0.3) is 0 Å². The van der Waals surface area contributed by atoms with Gasteiger partial charge in [-0.25, -0.2) is 0 Å². The molecule has 1 rings (SSSR count). The second-order valence-corrected chi connectivity index (χ2v) is 4.75. The van der Waals surface area contributed by atoms with E-state index < -0.39 is 5.41 Å². The van der Waals surface area contributed by atoms with E-state index in [0.29, 0.717) is 26.3 Å². The van der Waals surface area contributed by atoms with Gasteiger partial charge in [-0.05, 0) is 26.4 Å². The Morgan fingerprint density at radius 1 is 1.37 bits per heavy atom. The Balaban J connectivity index is 0. The summed E-state index contributed by atoms with van der Waals surface area (Å²) in [4.78, 5) is 14.3. The molecule has 0 aromatic rings. The number of amides is 1.